The second kappa shape index (κ2) is 7.10. The summed E-state index contributed by atoms with van der Waals surface area (Å²) in [5.74, 6) is -0.373. The van der Waals surface area contributed by atoms with Crippen molar-refractivity contribution >= 4 is 5.97 Å². The number of carboxylic acids is 1. The zero-order valence-corrected chi connectivity index (χ0v) is 13.9. The third-order valence-electron chi connectivity index (χ3n) is 5.48. The summed E-state index contributed by atoms with van der Waals surface area (Å²) in [6.07, 6.45) is 7.72. The first kappa shape index (κ1) is 16.8. The maximum Gasteiger partial charge on any atom is 0.324 e. The van der Waals surface area contributed by atoms with Crippen LogP contribution in [0.1, 0.15) is 65.7 Å². The monoisotopic (exact) mass is 296 g/mol. The normalized spacial score (nSPS) is 33.9. The molecule has 4 nitrogen and oxygen atoms in total. The van der Waals surface area contributed by atoms with Gasteiger partial charge in [-0.15, -0.1) is 0 Å². The van der Waals surface area contributed by atoms with Gasteiger partial charge in [0.05, 0.1) is 0 Å². The molecule has 0 aromatic carbocycles. The second-order valence-electron chi connectivity index (χ2n) is 7.19. The molecule has 21 heavy (non-hydrogen) atoms. The molecule has 1 aliphatic heterocycles. The van der Waals surface area contributed by atoms with Crippen LogP contribution in [-0.4, -0.2) is 46.7 Å². The molecule has 1 aliphatic carbocycles. The van der Waals surface area contributed by atoms with Gasteiger partial charge in [0.15, 0.2) is 0 Å². The Morgan fingerprint density at radius 2 is 2.14 bits per heavy atom. The highest BCUT2D eigenvalue weighted by atomic mass is 16.4. The summed E-state index contributed by atoms with van der Waals surface area (Å²) in [6.45, 7) is 8.63. The standard InChI is InChI=1S/C17H32N2O2/c1-4-15-8-6-11-19(15)12-9-14-7-5-10-17(14,16(20)21)18-13(2)3/h13-15,18H,4-12H2,1-3H3,(H,20,21). The molecule has 0 spiro atoms. The lowest BCUT2D eigenvalue weighted by Crippen LogP contribution is -2.57. The fraction of sp³-hybridized carbons (Fsp3) is 0.941. The molecule has 4 heteroatoms. The van der Waals surface area contributed by atoms with Gasteiger partial charge in [0, 0.05) is 12.1 Å². The van der Waals surface area contributed by atoms with Crippen LogP contribution in [0.5, 0.6) is 0 Å². The Morgan fingerprint density at radius 3 is 2.76 bits per heavy atom. The number of likely N-dealkylation sites (tertiary alicyclic amines) is 1. The molecule has 3 unspecified atom stereocenters. The van der Waals surface area contributed by atoms with Crippen LogP contribution in [0.4, 0.5) is 0 Å². The van der Waals surface area contributed by atoms with Crippen molar-refractivity contribution in [3.05, 3.63) is 0 Å². The molecule has 0 aromatic rings. The van der Waals surface area contributed by atoms with Crippen LogP contribution < -0.4 is 5.32 Å². The van der Waals surface area contributed by atoms with Crippen LogP contribution >= 0.6 is 0 Å². The molecule has 0 radical (unpaired) electrons. The van der Waals surface area contributed by atoms with E-state index in [0.29, 0.717) is 0 Å². The van der Waals surface area contributed by atoms with Crippen LogP contribution in [0.2, 0.25) is 0 Å². The van der Waals surface area contributed by atoms with Crippen molar-refractivity contribution in [2.45, 2.75) is 83.3 Å². The van der Waals surface area contributed by atoms with Crippen molar-refractivity contribution in [2.75, 3.05) is 13.1 Å². The largest absolute Gasteiger partial charge is 0.480 e. The predicted molar refractivity (Wildman–Crippen MR) is 85.5 cm³/mol. The van der Waals surface area contributed by atoms with E-state index in [1.54, 1.807) is 0 Å². The van der Waals surface area contributed by atoms with Crippen molar-refractivity contribution in [3.8, 4) is 0 Å². The van der Waals surface area contributed by atoms with Gasteiger partial charge in [-0.3, -0.25) is 10.1 Å². The lowest BCUT2D eigenvalue weighted by atomic mass is 9.83. The van der Waals surface area contributed by atoms with E-state index in [1.807, 2.05) is 13.8 Å². The Morgan fingerprint density at radius 1 is 1.38 bits per heavy atom. The smallest absolute Gasteiger partial charge is 0.324 e. The average molecular weight is 296 g/mol. The Hall–Kier alpha value is -0.610. The molecule has 122 valence electrons. The lowest BCUT2D eigenvalue weighted by molar-refractivity contribution is -0.147. The molecular formula is C17H32N2O2. The van der Waals surface area contributed by atoms with Crippen molar-refractivity contribution in [2.24, 2.45) is 5.92 Å². The lowest BCUT2D eigenvalue weighted by Gasteiger charge is -2.35. The zero-order valence-electron chi connectivity index (χ0n) is 13.9. The third kappa shape index (κ3) is 3.59. The minimum atomic E-state index is -0.685. The number of aliphatic carboxylic acids is 1. The number of nitrogens with zero attached hydrogens (tertiary/aromatic N) is 1. The van der Waals surface area contributed by atoms with Crippen LogP contribution in [0.25, 0.3) is 0 Å². The topological polar surface area (TPSA) is 52.6 Å². The second-order valence-corrected chi connectivity index (χ2v) is 7.19. The molecule has 1 saturated heterocycles. The van der Waals surface area contributed by atoms with Gasteiger partial charge in [-0.05, 0) is 71.4 Å². The zero-order chi connectivity index (χ0) is 15.5. The van der Waals surface area contributed by atoms with E-state index in [1.165, 1.54) is 25.8 Å². The highest BCUT2D eigenvalue weighted by Crippen LogP contribution is 2.39. The molecule has 0 bridgehead atoms. The average Bonchev–Trinajstić information content (AvgIpc) is 3.02. The third-order valence-corrected chi connectivity index (χ3v) is 5.48. The molecule has 0 amide bonds. The summed E-state index contributed by atoms with van der Waals surface area (Å²) >= 11 is 0. The number of rotatable bonds is 7. The quantitative estimate of drug-likeness (QED) is 0.758. The van der Waals surface area contributed by atoms with Gasteiger partial charge < -0.3 is 10.0 Å². The summed E-state index contributed by atoms with van der Waals surface area (Å²) in [5.41, 5.74) is -0.685. The molecule has 0 aromatic heterocycles. The fourth-order valence-corrected chi connectivity index (χ4v) is 4.49. The van der Waals surface area contributed by atoms with Crippen LogP contribution in [0.15, 0.2) is 0 Å². The van der Waals surface area contributed by atoms with Crippen LogP contribution in [-0.2, 0) is 4.79 Å². The first-order valence-corrected chi connectivity index (χ1v) is 8.74. The number of hydrogen-bond donors (Lipinski definition) is 2. The highest BCUT2D eigenvalue weighted by Gasteiger charge is 2.49. The van der Waals surface area contributed by atoms with Gasteiger partial charge in [0.25, 0.3) is 0 Å². The van der Waals surface area contributed by atoms with E-state index >= 15 is 0 Å². The van der Waals surface area contributed by atoms with Crippen molar-refractivity contribution in [1.29, 1.82) is 0 Å². The van der Waals surface area contributed by atoms with Crippen molar-refractivity contribution in [1.82, 2.24) is 10.2 Å². The molecule has 3 atom stereocenters. The van der Waals surface area contributed by atoms with Gasteiger partial charge >= 0.3 is 5.97 Å². The van der Waals surface area contributed by atoms with Crippen molar-refractivity contribution in [3.63, 3.8) is 0 Å². The Bertz CT molecular complexity index is 359. The van der Waals surface area contributed by atoms with E-state index in [-0.39, 0.29) is 12.0 Å². The molecule has 2 N–H and O–H groups in total. The van der Waals surface area contributed by atoms with Gasteiger partial charge in [-0.25, -0.2) is 0 Å². The van der Waals surface area contributed by atoms with Crippen molar-refractivity contribution < 1.29 is 9.90 Å². The number of carboxylic acid groups (broad SMARTS) is 1. The highest BCUT2D eigenvalue weighted by molar-refractivity contribution is 5.79. The van der Waals surface area contributed by atoms with Gasteiger partial charge in [0.2, 0.25) is 0 Å². The van der Waals surface area contributed by atoms with E-state index < -0.39 is 11.5 Å². The maximum atomic E-state index is 11.9. The number of carbonyl (C=O) groups is 1. The number of nitrogens with one attached hydrogen (secondary N) is 1. The Kier molecular flexibility index (Phi) is 5.67. The van der Waals surface area contributed by atoms with E-state index in [0.717, 1.165) is 38.3 Å². The predicted octanol–water partition coefficient (Wildman–Crippen LogP) is 2.87. The summed E-state index contributed by atoms with van der Waals surface area (Å²) in [4.78, 5) is 14.5. The molecule has 2 aliphatic rings. The SMILES string of the molecule is CCC1CCCN1CCC1CCCC1(NC(C)C)C(=O)O. The minimum Gasteiger partial charge on any atom is -0.480 e. The molecule has 1 heterocycles. The minimum absolute atomic E-state index is 0.219. The Balaban J connectivity index is 1.98. The maximum absolute atomic E-state index is 11.9. The van der Waals surface area contributed by atoms with Gasteiger partial charge in [-0.1, -0.05) is 13.3 Å². The summed E-state index contributed by atoms with van der Waals surface area (Å²) in [6, 6.07) is 0.945. The molecular weight excluding hydrogens is 264 g/mol. The van der Waals surface area contributed by atoms with E-state index in [2.05, 4.69) is 17.1 Å². The van der Waals surface area contributed by atoms with Gasteiger partial charge in [0.1, 0.15) is 5.54 Å². The summed E-state index contributed by atoms with van der Waals surface area (Å²) in [7, 11) is 0. The van der Waals surface area contributed by atoms with E-state index in [9.17, 15) is 9.90 Å². The van der Waals surface area contributed by atoms with Gasteiger partial charge in [-0.2, -0.15) is 0 Å². The molecule has 2 fully saturated rings. The molecule has 1 saturated carbocycles. The number of hydrogen-bond acceptors (Lipinski definition) is 3. The fourth-order valence-electron chi connectivity index (χ4n) is 4.49. The van der Waals surface area contributed by atoms with E-state index in [4.69, 9.17) is 0 Å². The van der Waals surface area contributed by atoms with Crippen LogP contribution in [0, 0.1) is 5.92 Å². The first-order valence-electron chi connectivity index (χ1n) is 8.74. The summed E-state index contributed by atoms with van der Waals surface area (Å²) in [5, 5.41) is 13.2. The Labute approximate surface area is 129 Å². The molecule has 2 rings (SSSR count). The summed E-state index contributed by atoms with van der Waals surface area (Å²) < 4.78 is 0. The van der Waals surface area contributed by atoms with Crippen LogP contribution in [0.3, 0.4) is 0 Å². The first-order chi connectivity index (χ1) is 9.99.